The van der Waals surface area contributed by atoms with Crippen LogP contribution in [0.5, 0.6) is 5.75 Å². The number of halogens is 1. The highest BCUT2D eigenvalue weighted by Crippen LogP contribution is 2.35. The molecule has 0 saturated carbocycles. The summed E-state index contributed by atoms with van der Waals surface area (Å²) in [6.07, 6.45) is 3.84. The molecule has 2 heterocycles. The summed E-state index contributed by atoms with van der Waals surface area (Å²) < 4.78 is 5.89. The number of pyridine rings is 1. The fraction of sp³-hybridized carbons (Fsp3) is 0.312. The first-order valence-corrected chi connectivity index (χ1v) is 7.22. The Bertz CT molecular complexity index is 598. The van der Waals surface area contributed by atoms with Crippen LogP contribution in [0, 0.1) is 6.92 Å². The molecule has 0 spiro atoms. The number of hydrogen-bond acceptors (Lipinski definition) is 3. The molecule has 1 aliphatic rings. The molecule has 1 aliphatic heterocycles. The van der Waals surface area contributed by atoms with Gasteiger partial charge in [-0.15, -0.1) is 0 Å². The van der Waals surface area contributed by atoms with Crippen molar-refractivity contribution in [2.45, 2.75) is 25.8 Å². The third kappa shape index (κ3) is 2.73. The largest absolute Gasteiger partial charge is 0.493 e. The molecule has 104 valence electrons. The average molecular weight is 289 g/mol. The predicted molar refractivity (Wildman–Crippen MR) is 81.5 cm³/mol. The van der Waals surface area contributed by atoms with Gasteiger partial charge in [-0.3, -0.25) is 0 Å². The Balaban J connectivity index is 1.90. The van der Waals surface area contributed by atoms with Gasteiger partial charge in [0.25, 0.3) is 0 Å². The van der Waals surface area contributed by atoms with E-state index in [0.717, 1.165) is 30.9 Å². The van der Waals surface area contributed by atoms with E-state index >= 15 is 0 Å². The van der Waals surface area contributed by atoms with Gasteiger partial charge < -0.3 is 10.1 Å². The van der Waals surface area contributed by atoms with Gasteiger partial charge >= 0.3 is 0 Å². The van der Waals surface area contributed by atoms with Gasteiger partial charge in [-0.25, -0.2) is 4.98 Å². The van der Waals surface area contributed by atoms with Crippen molar-refractivity contribution in [3.63, 3.8) is 0 Å². The highest BCUT2D eigenvalue weighted by Gasteiger charge is 2.20. The van der Waals surface area contributed by atoms with Crippen LogP contribution in [0.1, 0.15) is 30.0 Å². The van der Waals surface area contributed by atoms with Crippen LogP contribution in [0.4, 0.5) is 5.69 Å². The lowest BCUT2D eigenvalue weighted by Crippen LogP contribution is -2.10. The number of para-hydroxylation sites is 1. The fourth-order valence-electron chi connectivity index (χ4n) is 2.58. The van der Waals surface area contributed by atoms with Crippen molar-refractivity contribution in [3.05, 3.63) is 52.8 Å². The number of nitrogens with one attached hydrogen (secondary N) is 1. The van der Waals surface area contributed by atoms with Gasteiger partial charge in [0.1, 0.15) is 10.9 Å². The van der Waals surface area contributed by atoms with Crippen molar-refractivity contribution in [3.8, 4) is 5.75 Å². The zero-order chi connectivity index (χ0) is 13.9. The Morgan fingerprint density at radius 3 is 3.00 bits per heavy atom. The molecule has 0 bridgehead atoms. The van der Waals surface area contributed by atoms with Gasteiger partial charge in [0.05, 0.1) is 24.5 Å². The molecule has 2 aromatic rings. The van der Waals surface area contributed by atoms with E-state index in [1.165, 1.54) is 11.1 Å². The highest BCUT2D eigenvalue weighted by molar-refractivity contribution is 6.29. The number of nitrogens with zero attached hydrogens (tertiary/aromatic N) is 1. The fourth-order valence-corrected chi connectivity index (χ4v) is 2.69. The summed E-state index contributed by atoms with van der Waals surface area (Å²) in [5, 5.41) is 4.04. The van der Waals surface area contributed by atoms with Crippen LogP contribution >= 0.6 is 11.6 Å². The number of hydrogen-bond donors (Lipinski definition) is 1. The predicted octanol–water partition coefficient (Wildman–Crippen LogP) is 4.37. The van der Waals surface area contributed by atoms with Gasteiger partial charge in [-0.2, -0.15) is 0 Å². The maximum absolute atomic E-state index is 5.89. The van der Waals surface area contributed by atoms with Crippen molar-refractivity contribution in [1.82, 2.24) is 4.98 Å². The molecule has 0 aliphatic carbocycles. The second kappa shape index (κ2) is 5.71. The van der Waals surface area contributed by atoms with Crippen molar-refractivity contribution in [1.29, 1.82) is 0 Å². The molecule has 1 N–H and O–H groups in total. The third-order valence-electron chi connectivity index (χ3n) is 3.57. The number of aromatic nitrogens is 1. The zero-order valence-electron chi connectivity index (χ0n) is 11.4. The smallest absolute Gasteiger partial charge is 0.129 e. The first-order valence-electron chi connectivity index (χ1n) is 6.84. The van der Waals surface area contributed by atoms with Gasteiger partial charge in [0.15, 0.2) is 0 Å². The number of anilines is 1. The molecule has 3 nitrogen and oxygen atoms in total. The first kappa shape index (κ1) is 13.3. The van der Waals surface area contributed by atoms with Crippen LogP contribution in [0.15, 0.2) is 36.5 Å². The molecular formula is C16H17ClN2O. The van der Waals surface area contributed by atoms with Crippen molar-refractivity contribution in [2.24, 2.45) is 0 Å². The molecule has 1 aromatic carbocycles. The molecular weight excluding hydrogens is 272 g/mol. The Morgan fingerprint density at radius 1 is 1.30 bits per heavy atom. The first-order chi connectivity index (χ1) is 9.74. The number of aryl methyl sites for hydroxylation is 1. The van der Waals surface area contributed by atoms with Crippen LogP contribution in [0.2, 0.25) is 5.15 Å². The lowest BCUT2D eigenvalue weighted by molar-refractivity contribution is 0.314. The Morgan fingerprint density at radius 2 is 2.20 bits per heavy atom. The lowest BCUT2D eigenvalue weighted by atomic mass is 9.99. The Kier molecular flexibility index (Phi) is 3.79. The van der Waals surface area contributed by atoms with Crippen LogP contribution in [-0.4, -0.2) is 11.6 Å². The van der Waals surface area contributed by atoms with E-state index in [1.54, 1.807) is 12.3 Å². The lowest BCUT2D eigenvalue weighted by Gasteiger charge is -2.20. The van der Waals surface area contributed by atoms with Crippen molar-refractivity contribution < 1.29 is 4.74 Å². The number of rotatable bonds is 2. The van der Waals surface area contributed by atoms with Gasteiger partial charge in [-0.1, -0.05) is 29.8 Å². The van der Waals surface area contributed by atoms with Crippen LogP contribution in [-0.2, 0) is 0 Å². The van der Waals surface area contributed by atoms with E-state index in [-0.39, 0.29) is 6.04 Å². The maximum atomic E-state index is 5.89. The summed E-state index contributed by atoms with van der Waals surface area (Å²) in [7, 11) is 0. The van der Waals surface area contributed by atoms with Crippen LogP contribution in [0.25, 0.3) is 0 Å². The standard InChI is InChI=1S/C16H17ClN2O/c1-11-4-2-5-13-14(6-3-9-20-16(11)13)19-12-7-8-15(17)18-10-12/h2,4-5,7-8,10,14,19H,3,6,9H2,1H3. The van der Waals surface area contributed by atoms with Gasteiger partial charge in [0, 0.05) is 5.56 Å². The molecule has 0 saturated heterocycles. The topological polar surface area (TPSA) is 34.1 Å². The van der Waals surface area contributed by atoms with E-state index in [1.807, 2.05) is 6.07 Å². The summed E-state index contributed by atoms with van der Waals surface area (Å²) in [5.41, 5.74) is 3.39. The second-order valence-corrected chi connectivity index (χ2v) is 5.44. The Labute approximate surface area is 123 Å². The molecule has 0 amide bonds. The quantitative estimate of drug-likeness (QED) is 0.833. The number of ether oxygens (including phenoxy) is 1. The maximum Gasteiger partial charge on any atom is 0.129 e. The van der Waals surface area contributed by atoms with E-state index < -0.39 is 0 Å². The normalized spacial score (nSPS) is 17.8. The van der Waals surface area contributed by atoms with E-state index in [9.17, 15) is 0 Å². The second-order valence-electron chi connectivity index (χ2n) is 5.05. The minimum absolute atomic E-state index is 0.246. The molecule has 0 fully saturated rings. The van der Waals surface area contributed by atoms with Crippen LogP contribution < -0.4 is 10.1 Å². The molecule has 0 radical (unpaired) electrons. The van der Waals surface area contributed by atoms with E-state index in [0.29, 0.717) is 5.15 Å². The molecule has 3 rings (SSSR count). The molecule has 4 heteroatoms. The van der Waals surface area contributed by atoms with Gasteiger partial charge in [0.2, 0.25) is 0 Å². The number of fused-ring (bicyclic) bond motifs is 1. The van der Waals surface area contributed by atoms with E-state index in [2.05, 4.69) is 35.4 Å². The molecule has 1 atom stereocenters. The monoisotopic (exact) mass is 288 g/mol. The summed E-state index contributed by atoms with van der Waals surface area (Å²) in [6.45, 7) is 2.86. The van der Waals surface area contributed by atoms with Gasteiger partial charge in [-0.05, 0) is 37.5 Å². The minimum atomic E-state index is 0.246. The van der Waals surface area contributed by atoms with E-state index in [4.69, 9.17) is 16.3 Å². The van der Waals surface area contributed by atoms with Crippen molar-refractivity contribution in [2.75, 3.05) is 11.9 Å². The zero-order valence-corrected chi connectivity index (χ0v) is 12.2. The Hall–Kier alpha value is -1.74. The minimum Gasteiger partial charge on any atom is -0.493 e. The average Bonchev–Trinajstić information content (AvgIpc) is 2.65. The molecule has 20 heavy (non-hydrogen) atoms. The van der Waals surface area contributed by atoms with Crippen LogP contribution in [0.3, 0.4) is 0 Å². The van der Waals surface area contributed by atoms with Crippen molar-refractivity contribution >= 4 is 17.3 Å². The summed E-state index contributed by atoms with van der Waals surface area (Å²) in [6, 6.07) is 10.3. The molecule has 1 aromatic heterocycles. The summed E-state index contributed by atoms with van der Waals surface area (Å²) >= 11 is 5.82. The third-order valence-corrected chi connectivity index (χ3v) is 3.79. The number of benzene rings is 1. The summed E-state index contributed by atoms with van der Waals surface area (Å²) in [4.78, 5) is 4.11. The summed E-state index contributed by atoms with van der Waals surface area (Å²) in [5.74, 6) is 1.02. The highest BCUT2D eigenvalue weighted by atomic mass is 35.5. The molecule has 1 unspecified atom stereocenters. The SMILES string of the molecule is Cc1cccc2c1OCCCC2Nc1ccc(Cl)nc1.